The molecule has 0 aliphatic heterocycles. The molecule has 1 aliphatic carbocycles. The van der Waals surface area contributed by atoms with Gasteiger partial charge in [-0.05, 0) is 36.3 Å². The van der Waals surface area contributed by atoms with Gasteiger partial charge in [-0.15, -0.1) is 12.6 Å². The Morgan fingerprint density at radius 2 is 1.85 bits per heavy atom. The van der Waals surface area contributed by atoms with Crippen molar-refractivity contribution in [2.75, 3.05) is 6.61 Å². The van der Waals surface area contributed by atoms with Gasteiger partial charge in [-0.2, -0.15) is 0 Å². The smallest absolute Gasteiger partial charge is 0.156 e. The van der Waals surface area contributed by atoms with Crippen LogP contribution in [0.4, 0.5) is 0 Å². The van der Waals surface area contributed by atoms with Gasteiger partial charge in [0, 0.05) is 11.3 Å². The van der Waals surface area contributed by atoms with Gasteiger partial charge < -0.3 is 10.5 Å². The number of thiol groups is 1. The minimum absolute atomic E-state index is 0.487. The van der Waals surface area contributed by atoms with Crippen LogP contribution in [0.2, 0.25) is 10.0 Å². The van der Waals surface area contributed by atoms with E-state index in [0.29, 0.717) is 34.0 Å². The summed E-state index contributed by atoms with van der Waals surface area (Å²) in [7, 11) is 0. The van der Waals surface area contributed by atoms with Gasteiger partial charge in [0.05, 0.1) is 16.7 Å². The Morgan fingerprint density at radius 3 is 2.40 bits per heavy atom. The lowest BCUT2D eigenvalue weighted by Crippen LogP contribution is -2.15. The molecule has 0 radical (unpaired) electrons. The third kappa shape index (κ3) is 4.00. The second-order valence-corrected chi connectivity index (χ2v) is 6.24. The van der Waals surface area contributed by atoms with Crippen molar-refractivity contribution >= 4 is 41.5 Å². The first-order chi connectivity index (χ1) is 9.61. The van der Waals surface area contributed by atoms with Gasteiger partial charge in [-0.1, -0.05) is 42.5 Å². The highest BCUT2D eigenvalue weighted by molar-refractivity contribution is 7.83. The molecular formula is C15H19Cl2NOS. The molecule has 0 heterocycles. The molecule has 0 atom stereocenters. The van der Waals surface area contributed by atoms with E-state index in [1.54, 1.807) is 12.1 Å². The first-order valence-corrected chi connectivity index (χ1v) is 8.11. The van der Waals surface area contributed by atoms with E-state index >= 15 is 0 Å². The monoisotopic (exact) mass is 331 g/mol. The van der Waals surface area contributed by atoms with Crippen LogP contribution in [0.3, 0.4) is 0 Å². The van der Waals surface area contributed by atoms with E-state index in [4.69, 9.17) is 33.7 Å². The molecule has 0 amide bonds. The van der Waals surface area contributed by atoms with Gasteiger partial charge >= 0.3 is 0 Å². The van der Waals surface area contributed by atoms with Crippen LogP contribution in [-0.4, -0.2) is 6.61 Å². The summed E-state index contributed by atoms with van der Waals surface area (Å²) in [5.41, 5.74) is 7.07. The highest BCUT2D eigenvalue weighted by Gasteiger charge is 2.16. The Hall–Kier alpha value is -0.510. The van der Waals surface area contributed by atoms with Crippen LogP contribution in [0.1, 0.15) is 37.7 Å². The molecule has 0 saturated heterocycles. The molecular weight excluding hydrogens is 313 g/mol. The fraction of sp³-hybridized carbons (Fsp3) is 0.467. The van der Waals surface area contributed by atoms with Crippen LogP contribution in [-0.2, 0) is 0 Å². The third-order valence-electron chi connectivity index (χ3n) is 3.66. The molecule has 0 spiro atoms. The lowest BCUT2D eigenvalue weighted by molar-refractivity contribution is 0.209. The zero-order valence-electron chi connectivity index (χ0n) is 11.2. The Labute approximate surface area is 135 Å². The van der Waals surface area contributed by atoms with Gasteiger partial charge in [0.1, 0.15) is 0 Å². The molecule has 2 nitrogen and oxygen atoms in total. The molecule has 110 valence electrons. The quantitative estimate of drug-likeness (QED) is 0.749. The van der Waals surface area contributed by atoms with E-state index in [1.807, 2.05) is 0 Å². The topological polar surface area (TPSA) is 35.2 Å². The summed E-state index contributed by atoms with van der Waals surface area (Å²) in [5, 5.41) is 2.49. The molecule has 0 aromatic heterocycles. The lowest BCUT2D eigenvalue weighted by atomic mass is 9.90. The highest BCUT2D eigenvalue weighted by Crippen LogP contribution is 2.36. The van der Waals surface area contributed by atoms with Crippen LogP contribution >= 0.6 is 35.8 Å². The largest absolute Gasteiger partial charge is 0.490 e. The van der Waals surface area contributed by atoms with E-state index in [1.165, 1.54) is 37.5 Å². The van der Waals surface area contributed by atoms with Crippen molar-refractivity contribution in [2.45, 2.75) is 32.1 Å². The molecule has 0 bridgehead atoms. The van der Waals surface area contributed by atoms with Crippen LogP contribution in [0.5, 0.6) is 5.75 Å². The zero-order valence-corrected chi connectivity index (χ0v) is 13.6. The van der Waals surface area contributed by atoms with E-state index in [9.17, 15) is 0 Å². The fourth-order valence-electron chi connectivity index (χ4n) is 2.49. The summed E-state index contributed by atoms with van der Waals surface area (Å²) in [4.78, 5) is 0. The molecule has 1 fully saturated rings. The summed E-state index contributed by atoms with van der Waals surface area (Å²) in [5.74, 6) is 1.16. The van der Waals surface area contributed by atoms with Gasteiger partial charge in [0.2, 0.25) is 0 Å². The van der Waals surface area contributed by atoms with Crippen LogP contribution in [0.25, 0.3) is 5.70 Å². The minimum Gasteiger partial charge on any atom is -0.490 e. The van der Waals surface area contributed by atoms with Crippen LogP contribution in [0.15, 0.2) is 17.5 Å². The maximum atomic E-state index is 6.24. The van der Waals surface area contributed by atoms with Crippen molar-refractivity contribution < 1.29 is 4.74 Å². The average Bonchev–Trinajstić information content (AvgIpc) is 2.46. The Kier molecular flexibility index (Phi) is 5.94. The number of ether oxygens (including phenoxy) is 1. The van der Waals surface area contributed by atoms with Crippen molar-refractivity contribution in [1.82, 2.24) is 0 Å². The fourth-order valence-corrected chi connectivity index (χ4v) is 3.24. The second kappa shape index (κ2) is 7.48. The number of halogens is 2. The normalized spacial score (nSPS) is 17.2. The molecule has 1 aromatic rings. The Balaban J connectivity index is 2.08. The second-order valence-electron chi connectivity index (χ2n) is 5.17. The lowest BCUT2D eigenvalue weighted by Gasteiger charge is -2.22. The first kappa shape index (κ1) is 15.9. The van der Waals surface area contributed by atoms with Gasteiger partial charge in [0.15, 0.2) is 5.75 Å². The van der Waals surface area contributed by atoms with Crippen molar-refractivity contribution in [3.63, 3.8) is 0 Å². The predicted octanol–water partition coefficient (Wildman–Crippen LogP) is 5.14. The van der Waals surface area contributed by atoms with E-state index in [0.717, 1.165) is 5.56 Å². The van der Waals surface area contributed by atoms with Gasteiger partial charge in [-0.3, -0.25) is 0 Å². The predicted molar refractivity (Wildman–Crippen MR) is 89.7 cm³/mol. The summed E-state index contributed by atoms with van der Waals surface area (Å²) in [6, 6.07) is 3.51. The number of nitrogens with two attached hydrogens (primary N) is 1. The van der Waals surface area contributed by atoms with Gasteiger partial charge in [0.25, 0.3) is 0 Å². The molecule has 2 N–H and O–H groups in total. The minimum atomic E-state index is 0.487. The standard InChI is InChI=1S/C15H19Cl2NOS/c16-12-6-11(14(18)9-20)7-13(17)15(12)19-8-10-4-2-1-3-5-10/h6-7,9-10,20H,1-5,8,18H2/b14-9-. The van der Waals surface area contributed by atoms with Crippen molar-refractivity contribution in [1.29, 1.82) is 0 Å². The molecule has 1 aromatic carbocycles. The molecule has 0 unspecified atom stereocenters. The molecule has 1 aliphatic rings. The summed E-state index contributed by atoms with van der Waals surface area (Å²) in [6.45, 7) is 0.677. The Morgan fingerprint density at radius 1 is 1.25 bits per heavy atom. The number of hydrogen-bond donors (Lipinski definition) is 2. The third-order valence-corrected chi connectivity index (χ3v) is 4.50. The van der Waals surface area contributed by atoms with Crippen LogP contribution in [0, 0.1) is 5.92 Å². The average molecular weight is 332 g/mol. The zero-order chi connectivity index (χ0) is 14.5. The summed E-state index contributed by atoms with van der Waals surface area (Å²) in [6.07, 6.45) is 6.36. The first-order valence-electron chi connectivity index (χ1n) is 6.84. The molecule has 5 heteroatoms. The van der Waals surface area contributed by atoms with E-state index < -0.39 is 0 Å². The number of benzene rings is 1. The maximum absolute atomic E-state index is 6.24. The molecule has 2 rings (SSSR count). The van der Waals surface area contributed by atoms with Crippen molar-refractivity contribution in [3.8, 4) is 5.75 Å². The van der Waals surface area contributed by atoms with Crippen molar-refractivity contribution in [3.05, 3.63) is 33.1 Å². The summed E-state index contributed by atoms with van der Waals surface area (Å²) < 4.78 is 5.83. The van der Waals surface area contributed by atoms with E-state index in [2.05, 4.69) is 12.6 Å². The maximum Gasteiger partial charge on any atom is 0.156 e. The van der Waals surface area contributed by atoms with Gasteiger partial charge in [-0.25, -0.2) is 0 Å². The molecule has 20 heavy (non-hydrogen) atoms. The number of rotatable bonds is 4. The summed E-state index contributed by atoms with van der Waals surface area (Å²) >= 11 is 16.5. The number of hydrogen-bond acceptors (Lipinski definition) is 3. The Bertz CT molecular complexity index is 476. The highest BCUT2D eigenvalue weighted by atomic mass is 35.5. The van der Waals surface area contributed by atoms with Crippen LogP contribution < -0.4 is 10.5 Å². The SMILES string of the molecule is N/C(=C\S)c1cc(Cl)c(OCC2CCCCC2)c(Cl)c1. The van der Waals surface area contributed by atoms with E-state index in [-0.39, 0.29) is 0 Å². The molecule has 1 saturated carbocycles. The van der Waals surface area contributed by atoms with Crippen molar-refractivity contribution in [2.24, 2.45) is 11.7 Å².